The van der Waals surface area contributed by atoms with Crippen LogP contribution < -0.4 is 19.9 Å². The fourth-order valence-corrected chi connectivity index (χ4v) is 5.17. The quantitative estimate of drug-likeness (QED) is 0.567. The van der Waals surface area contributed by atoms with E-state index < -0.39 is 0 Å². The Balaban J connectivity index is 1.22. The number of benzene rings is 1. The molecule has 0 bridgehead atoms. The number of hydrogen-bond donors (Lipinski definition) is 1. The van der Waals surface area contributed by atoms with Gasteiger partial charge in [0.05, 0.1) is 24.3 Å². The lowest BCUT2D eigenvalue weighted by atomic mass is 9.91. The molecule has 3 aromatic rings. The van der Waals surface area contributed by atoms with Gasteiger partial charge in [0, 0.05) is 30.8 Å². The van der Waals surface area contributed by atoms with Crippen molar-refractivity contribution in [2.45, 2.75) is 32.2 Å². The predicted molar refractivity (Wildman–Crippen MR) is 128 cm³/mol. The monoisotopic (exact) mass is 466 g/mol. The maximum absolute atomic E-state index is 14.6. The molecule has 0 aliphatic carbocycles. The summed E-state index contributed by atoms with van der Waals surface area (Å²) < 4.78 is 31.4. The lowest BCUT2D eigenvalue weighted by molar-refractivity contribution is 0.170. The van der Waals surface area contributed by atoms with E-state index in [4.69, 9.17) is 19.9 Å². The minimum Gasteiger partial charge on any atom is -0.486 e. The molecule has 2 atom stereocenters. The number of pyridine rings is 2. The van der Waals surface area contributed by atoms with Crippen LogP contribution in [0.1, 0.15) is 35.6 Å². The first-order valence-electron chi connectivity index (χ1n) is 11.9. The van der Waals surface area contributed by atoms with Gasteiger partial charge in [-0.05, 0) is 61.9 Å². The molecular weight excluding hydrogens is 435 g/mol. The summed E-state index contributed by atoms with van der Waals surface area (Å²) in [5.41, 5.74) is 10.7. The van der Waals surface area contributed by atoms with Crippen LogP contribution in [-0.2, 0) is 6.42 Å². The van der Waals surface area contributed by atoms with E-state index in [1.807, 2.05) is 12.1 Å². The van der Waals surface area contributed by atoms with Gasteiger partial charge in [-0.2, -0.15) is 0 Å². The summed E-state index contributed by atoms with van der Waals surface area (Å²) >= 11 is 0. The van der Waals surface area contributed by atoms with E-state index in [0.29, 0.717) is 48.0 Å². The molecule has 34 heavy (non-hydrogen) atoms. The summed E-state index contributed by atoms with van der Waals surface area (Å²) in [4.78, 5) is 11.0. The molecule has 1 fully saturated rings. The third-order valence-electron chi connectivity index (χ3n) is 6.98. The summed E-state index contributed by atoms with van der Waals surface area (Å²) in [7, 11) is 1.56. The van der Waals surface area contributed by atoms with Gasteiger partial charge in [-0.15, -0.1) is 0 Å². The van der Waals surface area contributed by atoms with Crippen molar-refractivity contribution in [2.24, 2.45) is 11.7 Å². The first-order valence-corrected chi connectivity index (χ1v) is 11.9. The van der Waals surface area contributed by atoms with Crippen molar-refractivity contribution in [2.75, 3.05) is 40.0 Å². The van der Waals surface area contributed by atoms with Crippen molar-refractivity contribution in [1.82, 2.24) is 14.9 Å². The van der Waals surface area contributed by atoms with Gasteiger partial charge in [-0.3, -0.25) is 4.98 Å². The minimum absolute atomic E-state index is 0.0565. The summed E-state index contributed by atoms with van der Waals surface area (Å²) in [5, 5.41) is 0. The third kappa shape index (κ3) is 4.52. The average Bonchev–Trinajstić information content (AvgIpc) is 3.30. The molecule has 0 spiro atoms. The molecular formula is C26H31FN4O3. The maximum Gasteiger partial charge on any atom is 0.213 e. The Bertz CT molecular complexity index is 1190. The van der Waals surface area contributed by atoms with Crippen LogP contribution >= 0.6 is 0 Å². The molecule has 7 nitrogen and oxygen atoms in total. The number of aromatic nitrogens is 2. The van der Waals surface area contributed by atoms with Gasteiger partial charge in [0.2, 0.25) is 5.88 Å². The molecule has 2 N–H and O–H groups in total. The van der Waals surface area contributed by atoms with E-state index in [1.165, 1.54) is 6.20 Å². The van der Waals surface area contributed by atoms with Crippen molar-refractivity contribution in [3.63, 3.8) is 0 Å². The highest BCUT2D eigenvalue weighted by Gasteiger charge is 2.27. The highest BCUT2D eigenvalue weighted by molar-refractivity contribution is 5.78. The Labute approximate surface area is 199 Å². The molecule has 4 heterocycles. The largest absolute Gasteiger partial charge is 0.486 e. The fraction of sp³-hybridized carbons (Fsp3) is 0.462. The van der Waals surface area contributed by atoms with Crippen LogP contribution in [-0.4, -0.2) is 54.8 Å². The Morgan fingerprint density at radius 1 is 1.24 bits per heavy atom. The van der Waals surface area contributed by atoms with Gasteiger partial charge < -0.3 is 24.8 Å². The lowest BCUT2D eigenvalue weighted by Gasteiger charge is -2.25. The number of rotatable bonds is 7. The third-order valence-corrected chi connectivity index (χ3v) is 6.98. The van der Waals surface area contributed by atoms with Crippen LogP contribution in [0.5, 0.6) is 17.4 Å². The molecule has 2 aliphatic rings. The molecule has 1 saturated heterocycles. The van der Waals surface area contributed by atoms with E-state index in [-0.39, 0.29) is 11.9 Å². The number of fused-ring (bicyclic) bond motifs is 2. The number of halogens is 1. The highest BCUT2D eigenvalue weighted by atomic mass is 19.1. The van der Waals surface area contributed by atoms with Gasteiger partial charge in [-0.25, -0.2) is 9.37 Å². The molecule has 180 valence electrons. The van der Waals surface area contributed by atoms with Gasteiger partial charge >= 0.3 is 0 Å². The van der Waals surface area contributed by atoms with Crippen LogP contribution in [0.15, 0.2) is 30.5 Å². The van der Waals surface area contributed by atoms with Crippen molar-refractivity contribution in [3.8, 4) is 17.4 Å². The van der Waals surface area contributed by atoms with Gasteiger partial charge in [0.25, 0.3) is 0 Å². The molecule has 2 aliphatic heterocycles. The predicted octanol–water partition coefficient (Wildman–Crippen LogP) is 3.81. The standard InChI is InChI=1S/C26H31FN4O3/c1-16-18(3-5-23-26(16)34-12-11-33-23)21(28)13-17-7-9-31(15-17)10-8-19-20(27)14-29-22-4-6-24(32-2)30-25(19)22/h3-6,14,17,21H,7-13,15,28H2,1-2H3/t17-,21?/m0/s1. The number of nitrogens with zero attached hydrogens (tertiary/aromatic N) is 3. The van der Waals surface area contributed by atoms with Gasteiger partial charge in [0.15, 0.2) is 11.5 Å². The van der Waals surface area contributed by atoms with Crippen LogP contribution in [0, 0.1) is 18.7 Å². The fourth-order valence-electron chi connectivity index (χ4n) is 5.17. The number of nitrogens with two attached hydrogens (primary N) is 1. The Hall–Kier alpha value is -2.97. The minimum atomic E-state index is -0.319. The Morgan fingerprint density at radius 2 is 2.09 bits per heavy atom. The van der Waals surface area contributed by atoms with E-state index in [2.05, 4.69) is 27.9 Å². The van der Waals surface area contributed by atoms with Crippen LogP contribution in [0.3, 0.4) is 0 Å². The van der Waals surface area contributed by atoms with Crippen molar-refractivity contribution in [1.29, 1.82) is 0 Å². The molecule has 1 aromatic carbocycles. The van der Waals surface area contributed by atoms with E-state index in [1.54, 1.807) is 13.2 Å². The Kier molecular flexibility index (Phi) is 6.52. The zero-order chi connectivity index (χ0) is 23.7. The zero-order valence-electron chi connectivity index (χ0n) is 19.7. The van der Waals surface area contributed by atoms with Crippen LogP contribution in [0.4, 0.5) is 4.39 Å². The molecule has 8 heteroatoms. The Morgan fingerprint density at radius 3 is 2.94 bits per heavy atom. The van der Waals surface area contributed by atoms with E-state index >= 15 is 0 Å². The van der Waals surface area contributed by atoms with Crippen LogP contribution in [0.2, 0.25) is 0 Å². The number of methoxy groups -OCH3 is 1. The van der Waals surface area contributed by atoms with Gasteiger partial charge in [0.1, 0.15) is 19.0 Å². The van der Waals surface area contributed by atoms with Crippen molar-refractivity contribution < 1.29 is 18.6 Å². The summed E-state index contributed by atoms with van der Waals surface area (Å²) in [5.74, 6) is 2.27. The smallest absolute Gasteiger partial charge is 0.213 e. The molecule has 0 amide bonds. The topological polar surface area (TPSA) is 82.7 Å². The summed E-state index contributed by atoms with van der Waals surface area (Å²) in [6.07, 6.45) is 3.85. The normalized spacial score (nSPS) is 18.9. The van der Waals surface area contributed by atoms with E-state index in [9.17, 15) is 4.39 Å². The van der Waals surface area contributed by atoms with Crippen molar-refractivity contribution >= 4 is 11.0 Å². The van der Waals surface area contributed by atoms with Gasteiger partial charge in [-0.1, -0.05) is 6.07 Å². The summed E-state index contributed by atoms with van der Waals surface area (Å²) in [6.45, 7) is 5.92. The second-order valence-electron chi connectivity index (χ2n) is 9.16. The molecule has 0 saturated carbocycles. The first kappa shape index (κ1) is 22.8. The molecule has 2 aromatic heterocycles. The molecule has 5 rings (SSSR count). The second-order valence-corrected chi connectivity index (χ2v) is 9.16. The average molecular weight is 467 g/mol. The number of hydrogen-bond acceptors (Lipinski definition) is 7. The van der Waals surface area contributed by atoms with Crippen LogP contribution in [0.25, 0.3) is 11.0 Å². The highest BCUT2D eigenvalue weighted by Crippen LogP contribution is 2.38. The number of likely N-dealkylation sites (tertiary alicyclic amines) is 1. The maximum atomic E-state index is 14.6. The number of ether oxygens (including phenoxy) is 3. The summed E-state index contributed by atoms with van der Waals surface area (Å²) in [6, 6.07) is 7.54. The van der Waals surface area contributed by atoms with Crippen molar-refractivity contribution in [3.05, 3.63) is 53.0 Å². The zero-order valence-corrected chi connectivity index (χ0v) is 19.7. The second kappa shape index (κ2) is 9.72. The molecule has 0 radical (unpaired) electrons. The van der Waals surface area contributed by atoms with E-state index in [0.717, 1.165) is 55.1 Å². The molecule has 1 unspecified atom stereocenters. The SMILES string of the molecule is COc1ccc2ncc(F)c(CCN3CC[C@@H](CC(N)c4ccc5c(c4C)OCCO5)C3)c2n1. The first-order chi connectivity index (χ1) is 16.5. The lowest BCUT2D eigenvalue weighted by Crippen LogP contribution is -2.25.